The van der Waals surface area contributed by atoms with Crippen LogP contribution in [-0.2, 0) is 34.4 Å². The van der Waals surface area contributed by atoms with Gasteiger partial charge in [-0.2, -0.15) is 0 Å². The van der Waals surface area contributed by atoms with Gasteiger partial charge in [0.05, 0.1) is 23.7 Å². The number of hydrogen-bond donors (Lipinski definition) is 3. The van der Waals surface area contributed by atoms with Crippen molar-refractivity contribution in [1.29, 1.82) is 0 Å². The van der Waals surface area contributed by atoms with Crippen LogP contribution in [0.2, 0.25) is 0 Å². The van der Waals surface area contributed by atoms with Crippen molar-refractivity contribution in [3.8, 4) is 0 Å². The maximum absolute atomic E-state index is 14.1. The van der Waals surface area contributed by atoms with E-state index in [0.717, 1.165) is 0 Å². The fraction of sp³-hybridized carbons (Fsp3) is 0.366. The van der Waals surface area contributed by atoms with E-state index in [1.54, 1.807) is 86.6 Å². The van der Waals surface area contributed by atoms with Gasteiger partial charge in [0.2, 0.25) is 0 Å². The smallest absolute Gasteiger partial charge is 0.339 e. The van der Waals surface area contributed by atoms with Crippen LogP contribution in [0.25, 0.3) is 0 Å². The number of fused-ring (bicyclic) bond motifs is 2. The molecule has 3 N–H and O–H groups in total. The van der Waals surface area contributed by atoms with Crippen LogP contribution < -0.4 is 0 Å². The van der Waals surface area contributed by atoms with Crippen LogP contribution in [-0.4, -0.2) is 86.8 Å². The van der Waals surface area contributed by atoms with Crippen molar-refractivity contribution < 1.29 is 53.3 Å². The summed E-state index contributed by atoms with van der Waals surface area (Å²) in [7, 11) is 0. The van der Waals surface area contributed by atoms with Gasteiger partial charge >= 0.3 is 17.9 Å². The molecule has 3 aliphatic carbocycles. The Bertz CT molecular complexity index is 2130. The average molecular weight is 776 g/mol. The van der Waals surface area contributed by atoms with Gasteiger partial charge in [0.1, 0.15) is 40.1 Å². The Kier molecular flexibility index (Phi) is 7.99. The van der Waals surface area contributed by atoms with Gasteiger partial charge in [0.15, 0.2) is 17.3 Å². The fourth-order valence-corrected chi connectivity index (χ4v) is 10.1. The molecule has 12 atom stereocenters. The van der Waals surface area contributed by atoms with Crippen molar-refractivity contribution >= 4 is 35.1 Å². The SMILES string of the molecule is C=C(C)C1(OC(=O)c2ccccc2)C2OC3(c4ccccc4)OC1C1C4OC4(CO)C(O)C4(O)C(=CC(=C(Cl)Cl)C4OC(=O)c4ccccc4)C1(O3)C2C. The topological polar surface area (TPSA) is 154 Å². The second-order valence-corrected chi connectivity index (χ2v) is 15.8. The standard InChI is InChI=1S/C41H36Cl2O11/c1-21(2)39(53-35(46)24-15-9-5-10-16-24)29-22(3)40-27-19-26(33(42)43)30(49-34(45)23-13-7-4-8-14-23)38(27,48)36(47)37(20-44)31(50-37)28(40)32(39)52-41(51-29,54-40)25-17-11-6-12-18-25/h4-19,22,28-32,36,44,47-48H,1,20H2,2-3H3. The van der Waals surface area contributed by atoms with Crippen LogP contribution in [0.15, 0.2) is 125 Å². The first-order chi connectivity index (χ1) is 25.8. The van der Waals surface area contributed by atoms with E-state index in [9.17, 15) is 24.9 Å². The third kappa shape index (κ3) is 4.44. The molecule has 4 bridgehead atoms. The second-order valence-electron chi connectivity index (χ2n) is 14.8. The molecule has 3 aromatic rings. The van der Waals surface area contributed by atoms with Crippen LogP contribution in [0.4, 0.5) is 0 Å². The first kappa shape index (κ1) is 35.8. The minimum atomic E-state index is -2.55. The Morgan fingerprint density at radius 2 is 1.43 bits per heavy atom. The number of esters is 2. The average Bonchev–Trinajstić information content (AvgIpc) is 3.85. The highest BCUT2D eigenvalue weighted by Crippen LogP contribution is 2.74. The largest absolute Gasteiger partial charge is 0.450 e. The normalized spacial score (nSPS) is 40.8. The number of carbonyl (C=O) groups is 2. The van der Waals surface area contributed by atoms with Crippen molar-refractivity contribution in [2.24, 2.45) is 11.8 Å². The summed E-state index contributed by atoms with van der Waals surface area (Å²) < 4.78 is 39.5. The zero-order chi connectivity index (χ0) is 38.0. The van der Waals surface area contributed by atoms with Gasteiger partial charge in [-0.1, -0.05) is 103 Å². The van der Waals surface area contributed by atoms with Gasteiger partial charge in [-0.05, 0) is 42.8 Å². The lowest BCUT2D eigenvalue weighted by Gasteiger charge is -2.72. The van der Waals surface area contributed by atoms with E-state index in [1.807, 2.05) is 6.07 Å². The molecule has 11 nitrogen and oxygen atoms in total. The highest BCUT2D eigenvalue weighted by molar-refractivity contribution is 6.56. The number of epoxide rings is 1. The quantitative estimate of drug-likeness (QED) is 0.171. The lowest BCUT2D eigenvalue weighted by Crippen LogP contribution is -2.85. The van der Waals surface area contributed by atoms with Crippen molar-refractivity contribution in [3.05, 3.63) is 142 Å². The molecule has 4 saturated heterocycles. The zero-order valence-electron chi connectivity index (χ0n) is 29.1. The molecule has 6 fully saturated rings. The Morgan fingerprint density at radius 1 is 0.852 bits per heavy atom. The zero-order valence-corrected chi connectivity index (χ0v) is 30.6. The highest BCUT2D eigenvalue weighted by Gasteiger charge is 2.89. The molecule has 54 heavy (non-hydrogen) atoms. The molecule has 0 amide bonds. The number of carbonyl (C=O) groups excluding carboxylic acids is 2. The predicted octanol–water partition coefficient (Wildman–Crippen LogP) is 4.88. The van der Waals surface area contributed by atoms with Crippen LogP contribution in [0.3, 0.4) is 0 Å². The fourth-order valence-electron chi connectivity index (χ4n) is 9.76. The molecule has 13 heteroatoms. The molecule has 0 radical (unpaired) electrons. The van der Waals surface area contributed by atoms with E-state index in [-0.39, 0.29) is 26.8 Å². The van der Waals surface area contributed by atoms with Gasteiger partial charge in [-0.15, -0.1) is 0 Å². The van der Waals surface area contributed by atoms with E-state index >= 15 is 0 Å². The number of benzene rings is 3. The molecule has 2 saturated carbocycles. The van der Waals surface area contributed by atoms with E-state index in [1.165, 1.54) is 18.2 Å². The molecule has 7 aliphatic rings. The maximum atomic E-state index is 14.1. The summed E-state index contributed by atoms with van der Waals surface area (Å²) in [4.78, 5) is 27.8. The minimum Gasteiger partial charge on any atom is -0.450 e. The number of aliphatic hydroxyl groups excluding tert-OH is 2. The lowest BCUT2D eigenvalue weighted by molar-refractivity contribution is -0.570. The van der Waals surface area contributed by atoms with Crippen LogP contribution >= 0.6 is 23.2 Å². The summed E-state index contributed by atoms with van der Waals surface area (Å²) in [6.07, 6.45) is -5.47. The molecule has 4 heterocycles. The van der Waals surface area contributed by atoms with Gasteiger partial charge in [0.25, 0.3) is 0 Å². The first-order valence-corrected chi connectivity index (χ1v) is 18.4. The van der Waals surface area contributed by atoms with E-state index in [2.05, 4.69) is 6.58 Å². The number of rotatable bonds is 7. The number of aliphatic hydroxyl groups is 3. The van der Waals surface area contributed by atoms with Gasteiger partial charge < -0.3 is 43.7 Å². The van der Waals surface area contributed by atoms with Gasteiger partial charge in [-0.3, -0.25) is 0 Å². The third-order valence-electron chi connectivity index (χ3n) is 12.2. The molecule has 1 spiro atoms. The molecule has 10 rings (SSSR count). The van der Waals surface area contributed by atoms with E-state index in [0.29, 0.717) is 11.1 Å². The maximum Gasteiger partial charge on any atom is 0.339 e. The first-order valence-electron chi connectivity index (χ1n) is 17.6. The molecule has 12 unspecified atom stereocenters. The van der Waals surface area contributed by atoms with Crippen LogP contribution in [0.1, 0.15) is 40.1 Å². The van der Waals surface area contributed by atoms with Crippen molar-refractivity contribution in [2.45, 2.75) is 72.7 Å². The minimum absolute atomic E-state index is 0.0195. The number of ether oxygens (including phenoxy) is 6. The molecule has 0 aromatic heterocycles. The van der Waals surface area contributed by atoms with Crippen LogP contribution in [0, 0.1) is 11.8 Å². The molecule has 280 valence electrons. The van der Waals surface area contributed by atoms with Crippen molar-refractivity contribution in [1.82, 2.24) is 0 Å². The molecular weight excluding hydrogens is 739 g/mol. The van der Waals surface area contributed by atoms with Crippen molar-refractivity contribution in [2.75, 3.05) is 6.61 Å². The summed E-state index contributed by atoms with van der Waals surface area (Å²) >= 11 is 13.0. The second kappa shape index (κ2) is 12.1. The Hall–Kier alpha value is -3.88. The summed E-state index contributed by atoms with van der Waals surface area (Å²) in [5, 5.41) is 36.8. The third-order valence-corrected chi connectivity index (χ3v) is 12.7. The summed E-state index contributed by atoms with van der Waals surface area (Å²) in [5.74, 6) is -5.33. The summed E-state index contributed by atoms with van der Waals surface area (Å²) in [6, 6.07) is 25.4. The lowest BCUT2D eigenvalue weighted by atomic mass is 9.53. The summed E-state index contributed by atoms with van der Waals surface area (Å²) in [5.41, 5.74) is -6.48. The monoisotopic (exact) mass is 774 g/mol. The molecular formula is C41H36Cl2O11. The highest BCUT2D eigenvalue weighted by atomic mass is 35.5. The number of hydrogen-bond acceptors (Lipinski definition) is 11. The van der Waals surface area contributed by atoms with Crippen molar-refractivity contribution in [3.63, 3.8) is 0 Å². The predicted molar refractivity (Wildman–Crippen MR) is 192 cm³/mol. The van der Waals surface area contributed by atoms with Crippen LogP contribution in [0.5, 0.6) is 0 Å². The van der Waals surface area contributed by atoms with E-state index in [4.69, 9.17) is 51.6 Å². The Morgan fingerprint density at radius 3 is 2.00 bits per heavy atom. The Balaban J connectivity index is 1.28. The number of halogens is 2. The summed E-state index contributed by atoms with van der Waals surface area (Å²) in [6.45, 7) is 7.04. The Labute approximate surface area is 320 Å². The molecule has 3 aromatic carbocycles. The molecule has 4 aliphatic heterocycles. The van der Waals surface area contributed by atoms with Gasteiger partial charge in [0, 0.05) is 22.6 Å². The van der Waals surface area contributed by atoms with Gasteiger partial charge in [-0.25, -0.2) is 9.59 Å². The van der Waals surface area contributed by atoms with E-state index < -0.39 is 89.3 Å².